The smallest absolute Gasteiger partial charge is 0.313 e. The number of carbonyl (C=O) groups is 4. The van der Waals surface area contributed by atoms with Gasteiger partial charge in [0, 0.05) is 36.3 Å². The van der Waals surface area contributed by atoms with E-state index in [0.717, 1.165) is 0 Å². The molecule has 2 fully saturated rings. The van der Waals surface area contributed by atoms with Crippen molar-refractivity contribution in [3.8, 4) is 5.75 Å². The summed E-state index contributed by atoms with van der Waals surface area (Å²) in [5, 5.41) is 12.3. The van der Waals surface area contributed by atoms with Crippen molar-refractivity contribution in [1.29, 1.82) is 0 Å². The van der Waals surface area contributed by atoms with E-state index in [-0.39, 0.29) is 50.4 Å². The number of fused-ring (bicyclic) bond motifs is 2. The lowest BCUT2D eigenvalue weighted by Gasteiger charge is -2.36. The third-order valence-corrected chi connectivity index (χ3v) is 10.2. The van der Waals surface area contributed by atoms with Gasteiger partial charge in [-0.2, -0.15) is 0 Å². The number of halogens is 1. The predicted molar refractivity (Wildman–Crippen MR) is 180 cm³/mol. The van der Waals surface area contributed by atoms with Gasteiger partial charge < -0.3 is 34.4 Å². The fourth-order valence-corrected chi connectivity index (χ4v) is 7.97. The molecule has 2 saturated heterocycles. The highest BCUT2D eigenvalue weighted by atomic mass is 79.9. The van der Waals surface area contributed by atoms with Crippen molar-refractivity contribution in [3.05, 3.63) is 82.9 Å². The van der Waals surface area contributed by atoms with Crippen LogP contribution in [0.4, 0.5) is 5.69 Å². The molecule has 0 saturated carbocycles. The molecule has 6 rings (SSSR count). The lowest BCUT2D eigenvalue weighted by atomic mass is 9.74. The first-order valence-corrected chi connectivity index (χ1v) is 17.2. The number of rotatable bonds is 8. The Balaban J connectivity index is 1.43. The van der Waals surface area contributed by atoms with E-state index >= 15 is 0 Å². The maximum absolute atomic E-state index is 14.9. The van der Waals surface area contributed by atoms with E-state index in [2.05, 4.69) is 21.2 Å². The second kappa shape index (κ2) is 14.6. The minimum absolute atomic E-state index is 0.0257. The van der Waals surface area contributed by atoms with Crippen LogP contribution in [0.3, 0.4) is 0 Å². The van der Waals surface area contributed by atoms with Gasteiger partial charge in [-0.25, -0.2) is 0 Å². The number of carbonyl (C=O) groups excluding carboxylic acids is 4. The molecule has 6 atom stereocenters. The zero-order chi connectivity index (χ0) is 33.8. The zero-order valence-corrected chi connectivity index (χ0v) is 28.3. The Hall–Kier alpha value is -4.00. The van der Waals surface area contributed by atoms with E-state index in [1.807, 2.05) is 42.5 Å². The number of aliphatic hydroxyl groups excluding tert-OH is 1. The Morgan fingerprint density at radius 3 is 2.50 bits per heavy atom. The molecule has 254 valence electrons. The van der Waals surface area contributed by atoms with Crippen molar-refractivity contribution in [2.24, 2.45) is 11.8 Å². The van der Waals surface area contributed by atoms with Gasteiger partial charge in [0.15, 0.2) is 0 Å². The van der Waals surface area contributed by atoms with Crippen LogP contribution in [-0.2, 0) is 28.7 Å². The molecule has 3 amide bonds. The standard InChI is InChI=1S/C36H40BrN3O8/c1-46-25-16-14-24(15-17-25)39-18-8-3-7-13-28(42)38-22-27(23-11-5-2-6-12-23)47-35(45)29-30-33(43)40(19-9-4-10-20-41)32(34(39)44)36(30)21-26(37)31(29)48-36/h2-3,5-6,8,11-12,14-17,21,27,29-32,41H,4,7,9-10,13,18-20,22H2,1H3,(H,38,42)/b8-3-/t27-,29-,30+,31-,32-,36+/m0/s1. The Labute approximate surface area is 288 Å². The molecule has 4 aliphatic rings. The quantitative estimate of drug-likeness (QED) is 0.239. The Morgan fingerprint density at radius 2 is 1.77 bits per heavy atom. The highest BCUT2D eigenvalue weighted by Gasteiger charge is 2.75. The summed E-state index contributed by atoms with van der Waals surface area (Å²) >= 11 is 3.60. The van der Waals surface area contributed by atoms with E-state index in [4.69, 9.17) is 14.2 Å². The Bertz CT molecular complexity index is 1580. The number of cyclic esters (lactones) is 1. The summed E-state index contributed by atoms with van der Waals surface area (Å²) in [7, 11) is 1.56. The maximum atomic E-state index is 14.9. The van der Waals surface area contributed by atoms with Crippen molar-refractivity contribution in [2.75, 3.05) is 38.3 Å². The van der Waals surface area contributed by atoms with Crippen molar-refractivity contribution in [1.82, 2.24) is 10.2 Å². The summed E-state index contributed by atoms with van der Waals surface area (Å²) < 4.78 is 18.7. The third kappa shape index (κ3) is 6.40. The van der Waals surface area contributed by atoms with Crippen LogP contribution in [0.2, 0.25) is 0 Å². The van der Waals surface area contributed by atoms with Crippen molar-refractivity contribution < 1.29 is 38.5 Å². The van der Waals surface area contributed by atoms with E-state index in [0.29, 0.717) is 47.2 Å². The largest absolute Gasteiger partial charge is 0.497 e. The molecule has 2 aromatic rings. The molecule has 0 unspecified atom stereocenters. The number of benzene rings is 2. The summed E-state index contributed by atoms with van der Waals surface area (Å²) in [4.78, 5) is 59.6. The van der Waals surface area contributed by atoms with Gasteiger partial charge >= 0.3 is 5.97 Å². The number of nitrogens with zero attached hydrogens (tertiary/aromatic N) is 2. The summed E-state index contributed by atoms with van der Waals surface area (Å²) in [5.74, 6) is -2.97. The number of likely N-dealkylation sites (tertiary alicyclic amines) is 1. The van der Waals surface area contributed by atoms with Gasteiger partial charge in [0.1, 0.15) is 35.5 Å². The van der Waals surface area contributed by atoms with Crippen molar-refractivity contribution in [3.63, 3.8) is 0 Å². The topological polar surface area (TPSA) is 135 Å². The third-order valence-electron chi connectivity index (χ3n) is 9.55. The number of methoxy groups -OCH3 is 1. The molecule has 4 heterocycles. The van der Waals surface area contributed by atoms with Gasteiger partial charge in [-0.05, 0) is 61.6 Å². The van der Waals surface area contributed by atoms with E-state index in [1.165, 1.54) is 0 Å². The molecule has 5 bridgehead atoms. The number of esters is 1. The lowest BCUT2D eigenvalue weighted by molar-refractivity contribution is -0.159. The highest BCUT2D eigenvalue weighted by Crippen LogP contribution is 2.59. The highest BCUT2D eigenvalue weighted by molar-refractivity contribution is 9.11. The number of nitrogens with one attached hydrogen (secondary N) is 1. The monoisotopic (exact) mass is 721 g/mol. The molecule has 12 heteroatoms. The molecule has 2 N–H and O–H groups in total. The molecule has 0 aromatic heterocycles. The molecular formula is C36H40BrN3O8. The summed E-state index contributed by atoms with van der Waals surface area (Å²) in [6.45, 7) is 0.505. The van der Waals surface area contributed by atoms with Crippen LogP contribution in [-0.4, -0.2) is 84.8 Å². The van der Waals surface area contributed by atoms with Gasteiger partial charge in [0.25, 0.3) is 5.91 Å². The van der Waals surface area contributed by atoms with Crippen LogP contribution in [0.15, 0.2) is 77.3 Å². The maximum Gasteiger partial charge on any atom is 0.313 e. The zero-order valence-electron chi connectivity index (χ0n) is 26.8. The van der Waals surface area contributed by atoms with Crippen molar-refractivity contribution in [2.45, 2.75) is 56.0 Å². The Kier molecular flexibility index (Phi) is 10.3. The van der Waals surface area contributed by atoms with Gasteiger partial charge in [-0.3, -0.25) is 19.2 Å². The number of anilines is 1. The first-order chi connectivity index (χ1) is 23.3. The molecule has 2 aromatic carbocycles. The number of amides is 3. The normalized spacial score (nSPS) is 29.7. The number of unbranched alkanes of at least 4 members (excludes halogenated alkanes) is 2. The van der Waals surface area contributed by atoms with Crippen LogP contribution < -0.4 is 15.0 Å². The second-order valence-electron chi connectivity index (χ2n) is 12.4. The number of ether oxygens (including phenoxy) is 3. The van der Waals surface area contributed by atoms with Crippen LogP contribution in [0.25, 0.3) is 0 Å². The van der Waals surface area contributed by atoms with Gasteiger partial charge in [0.05, 0.1) is 19.6 Å². The molecule has 48 heavy (non-hydrogen) atoms. The average Bonchev–Trinajstić information content (AvgIpc) is 3.69. The molecule has 0 aliphatic carbocycles. The molecule has 11 nitrogen and oxygen atoms in total. The molecule has 4 aliphatic heterocycles. The fourth-order valence-electron chi connectivity index (χ4n) is 7.23. The summed E-state index contributed by atoms with van der Waals surface area (Å²) in [6, 6.07) is 15.2. The van der Waals surface area contributed by atoms with Crippen LogP contribution in [0.5, 0.6) is 5.75 Å². The van der Waals surface area contributed by atoms with Crippen LogP contribution in [0, 0.1) is 11.8 Å². The molecule has 1 spiro atoms. The summed E-state index contributed by atoms with van der Waals surface area (Å²) in [5.41, 5.74) is -0.133. The van der Waals surface area contributed by atoms with E-state index < -0.39 is 41.7 Å². The minimum atomic E-state index is -1.42. The summed E-state index contributed by atoms with van der Waals surface area (Å²) in [6.07, 6.45) is 6.27. The van der Waals surface area contributed by atoms with Gasteiger partial charge in [-0.15, -0.1) is 0 Å². The van der Waals surface area contributed by atoms with Crippen LogP contribution in [0.1, 0.15) is 43.8 Å². The lowest BCUT2D eigenvalue weighted by Crippen LogP contribution is -2.56. The predicted octanol–water partition coefficient (Wildman–Crippen LogP) is 3.81. The minimum Gasteiger partial charge on any atom is -0.497 e. The number of aliphatic hydroxyl groups is 1. The SMILES string of the molecule is COc1ccc(N2C/C=C\CCC(=O)NC[C@@H](c3ccccc3)OC(=O)[C@@H]3[C@H]4O[C@@]5(C=C4Br)[C@H](C2=O)N(CCCCCO)C(=O)[C@@H]35)cc1. The van der Waals surface area contributed by atoms with Gasteiger partial charge in [0.2, 0.25) is 11.8 Å². The first-order valence-electron chi connectivity index (χ1n) is 16.4. The number of allylic oxidation sites excluding steroid dienone is 1. The van der Waals surface area contributed by atoms with Crippen LogP contribution >= 0.6 is 15.9 Å². The number of hydrogen-bond acceptors (Lipinski definition) is 8. The fraction of sp³-hybridized carbons (Fsp3) is 0.444. The van der Waals surface area contributed by atoms with Gasteiger partial charge in [-0.1, -0.05) is 58.4 Å². The molecule has 0 radical (unpaired) electrons. The molecular weight excluding hydrogens is 682 g/mol. The number of hydrogen-bond donors (Lipinski definition) is 2. The first kappa shape index (κ1) is 33.9. The van der Waals surface area contributed by atoms with Crippen molar-refractivity contribution >= 4 is 45.3 Å². The second-order valence-corrected chi connectivity index (χ2v) is 13.4. The average molecular weight is 723 g/mol. The van der Waals surface area contributed by atoms with E-state index in [1.54, 1.807) is 47.3 Å². The Morgan fingerprint density at radius 1 is 1.00 bits per heavy atom. The van der Waals surface area contributed by atoms with E-state index in [9.17, 15) is 24.3 Å².